The molecular formula is C21H25N3O2. The number of pyridine rings is 1. The van der Waals surface area contributed by atoms with Crippen molar-refractivity contribution in [2.75, 3.05) is 13.1 Å². The van der Waals surface area contributed by atoms with Gasteiger partial charge in [0.2, 0.25) is 5.91 Å². The lowest BCUT2D eigenvalue weighted by Crippen LogP contribution is -2.38. The number of hydrogen-bond donors (Lipinski definition) is 1. The Morgan fingerprint density at radius 1 is 1.00 bits per heavy atom. The third-order valence-corrected chi connectivity index (χ3v) is 5.04. The van der Waals surface area contributed by atoms with Gasteiger partial charge in [0.1, 0.15) is 0 Å². The normalized spacial score (nSPS) is 15.0. The van der Waals surface area contributed by atoms with Crippen LogP contribution in [0.4, 0.5) is 0 Å². The van der Waals surface area contributed by atoms with Gasteiger partial charge in [-0.1, -0.05) is 24.3 Å². The van der Waals surface area contributed by atoms with E-state index in [0.717, 1.165) is 37.9 Å². The average molecular weight is 351 g/mol. The van der Waals surface area contributed by atoms with Gasteiger partial charge in [-0.2, -0.15) is 0 Å². The van der Waals surface area contributed by atoms with Crippen molar-refractivity contribution in [3.05, 3.63) is 65.5 Å². The number of rotatable bonds is 6. The van der Waals surface area contributed by atoms with Crippen LogP contribution >= 0.6 is 0 Å². The molecule has 136 valence electrons. The first kappa shape index (κ1) is 18.1. The Kier molecular flexibility index (Phi) is 6.00. The van der Waals surface area contributed by atoms with E-state index in [1.165, 1.54) is 5.56 Å². The zero-order valence-corrected chi connectivity index (χ0v) is 14.9. The molecule has 0 bridgehead atoms. The predicted octanol–water partition coefficient (Wildman–Crippen LogP) is 2.59. The second-order valence-electron chi connectivity index (χ2n) is 6.96. The number of nitrogens with two attached hydrogens (primary N) is 1. The molecule has 1 aromatic carbocycles. The van der Waals surface area contributed by atoms with Crippen LogP contribution in [0.25, 0.3) is 0 Å². The first-order chi connectivity index (χ1) is 12.6. The van der Waals surface area contributed by atoms with Gasteiger partial charge < -0.3 is 10.6 Å². The van der Waals surface area contributed by atoms with Gasteiger partial charge in [0.05, 0.1) is 0 Å². The number of nitrogens with zero attached hydrogens (tertiary/aromatic N) is 2. The van der Waals surface area contributed by atoms with Crippen molar-refractivity contribution in [1.29, 1.82) is 0 Å². The second-order valence-corrected chi connectivity index (χ2v) is 6.96. The topological polar surface area (TPSA) is 76.3 Å². The fourth-order valence-corrected chi connectivity index (χ4v) is 3.46. The van der Waals surface area contributed by atoms with Crippen LogP contribution < -0.4 is 5.73 Å². The second kappa shape index (κ2) is 8.61. The summed E-state index contributed by atoms with van der Waals surface area (Å²) >= 11 is 0. The molecular weight excluding hydrogens is 326 g/mol. The number of piperidine rings is 1. The fraction of sp³-hybridized carbons (Fsp3) is 0.381. The first-order valence-electron chi connectivity index (χ1n) is 9.17. The summed E-state index contributed by atoms with van der Waals surface area (Å²) in [5.74, 6) is 0.444. The summed E-state index contributed by atoms with van der Waals surface area (Å²) in [4.78, 5) is 29.2. The van der Waals surface area contributed by atoms with Crippen molar-refractivity contribution in [2.24, 2.45) is 11.7 Å². The molecule has 26 heavy (non-hydrogen) atoms. The summed E-state index contributed by atoms with van der Waals surface area (Å²) in [5.41, 5.74) is 8.36. The lowest BCUT2D eigenvalue weighted by atomic mass is 9.89. The molecule has 3 rings (SSSR count). The molecule has 0 radical (unpaired) electrons. The smallest absolute Gasteiger partial charge is 0.253 e. The number of aryl methyl sites for hydroxylation is 1. The van der Waals surface area contributed by atoms with Gasteiger partial charge in [0.25, 0.3) is 5.91 Å². The molecule has 1 saturated heterocycles. The number of benzene rings is 1. The van der Waals surface area contributed by atoms with E-state index < -0.39 is 0 Å². The minimum absolute atomic E-state index is 0.102. The molecule has 2 amide bonds. The molecule has 0 spiro atoms. The number of carbonyl (C=O) groups excluding carboxylic acids is 2. The van der Waals surface area contributed by atoms with Gasteiger partial charge >= 0.3 is 0 Å². The summed E-state index contributed by atoms with van der Waals surface area (Å²) in [6, 6.07) is 12.0. The molecule has 2 aromatic rings. The molecule has 1 aliphatic heterocycles. The third kappa shape index (κ3) is 4.91. The summed E-state index contributed by atoms with van der Waals surface area (Å²) in [5, 5.41) is 0. The van der Waals surface area contributed by atoms with Crippen LogP contribution in [-0.4, -0.2) is 34.8 Å². The van der Waals surface area contributed by atoms with E-state index in [0.29, 0.717) is 24.3 Å². The Hall–Kier alpha value is -2.69. The van der Waals surface area contributed by atoms with Crippen LogP contribution in [0.2, 0.25) is 0 Å². The van der Waals surface area contributed by atoms with Gasteiger partial charge in [-0.25, -0.2) is 0 Å². The van der Waals surface area contributed by atoms with E-state index >= 15 is 0 Å². The van der Waals surface area contributed by atoms with Crippen molar-refractivity contribution in [1.82, 2.24) is 9.88 Å². The summed E-state index contributed by atoms with van der Waals surface area (Å²) < 4.78 is 0. The van der Waals surface area contributed by atoms with Crippen molar-refractivity contribution < 1.29 is 9.59 Å². The molecule has 1 fully saturated rings. The van der Waals surface area contributed by atoms with E-state index in [1.54, 1.807) is 24.5 Å². The number of aromatic nitrogens is 1. The molecule has 2 heterocycles. The van der Waals surface area contributed by atoms with E-state index in [1.807, 2.05) is 4.90 Å². The van der Waals surface area contributed by atoms with E-state index in [2.05, 4.69) is 29.2 Å². The predicted molar refractivity (Wildman–Crippen MR) is 101 cm³/mol. The highest BCUT2D eigenvalue weighted by molar-refractivity contribution is 5.94. The third-order valence-electron chi connectivity index (χ3n) is 5.04. The molecule has 0 unspecified atom stereocenters. The highest BCUT2D eigenvalue weighted by Gasteiger charge is 2.23. The van der Waals surface area contributed by atoms with E-state index in [9.17, 15) is 9.59 Å². The summed E-state index contributed by atoms with van der Waals surface area (Å²) in [6.07, 6.45) is 7.50. The molecule has 2 N–H and O–H groups in total. The molecule has 1 aliphatic rings. The lowest BCUT2D eigenvalue weighted by molar-refractivity contribution is -0.117. The average Bonchev–Trinajstić information content (AvgIpc) is 2.68. The highest BCUT2D eigenvalue weighted by Crippen LogP contribution is 2.23. The van der Waals surface area contributed by atoms with Gasteiger partial charge in [-0.15, -0.1) is 0 Å². The largest absolute Gasteiger partial charge is 0.370 e. The first-order valence-corrected chi connectivity index (χ1v) is 9.17. The summed E-state index contributed by atoms with van der Waals surface area (Å²) in [6.45, 7) is 1.62. The zero-order valence-electron chi connectivity index (χ0n) is 14.9. The highest BCUT2D eigenvalue weighted by atomic mass is 16.2. The maximum Gasteiger partial charge on any atom is 0.253 e. The maximum atomic E-state index is 12.5. The number of primary amides is 1. The number of carbonyl (C=O) groups is 2. The van der Waals surface area contributed by atoms with Gasteiger partial charge in [0, 0.05) is 37.5 Å². The molecule has 1 aromatic heterocycles. The Balaban J connectivity index is 1.48. The Morgan fingerprint density at radius 3 is 2.23 bits per heavy atom. The van der Waals surface area contributed by atoms with Crippen LogP contribution in [0.5, 0.6) is 0 Å². The van der Waals surface area contributed by atoms with Crippen molar-refractivity contribution in [3.63, 3.8) is 0 Å². The van der Waals surface area contributed by atoms with Crippen molar-refractivity contribution >= 4 is 11.8 Å². The van der Waals surface area contributed by atoms with Gasteiger partial charge in [-0.05, 0) is 54.9 Å². The number of hydrogen-bond acceptors (Lipinski definition) is 3. The SMILES string of the molecule is NC(=O)CCc1ccc(CC2CCN(C(=O)c3ccncc3)CC2)cc1. The fourth-order valence-electron chi connectivity index (χ4n) is 3.46. The monoisotopic (exact) mass is 351 g/mol. The van der Waals surface area contributed by atoms with Crippen LogP contribution in [0.1, 0.15) is 40.7 Å². The zero-order chi connectivity index (χ0) is 18.4. The molecule has 0 saturated carbocycles. The number of likely N-dealkylation sites (tertiary alicyclic amines) is 1. The molecule has 0 aliphatic carbocycles. The lowest BCUT2D eigenvalue weighted by Gasteiger charge is -2.32. The molecule has 5 heteroatoms. The van der Waals surface area contributed by atoms with Gasteiger partial charge in [-0.3, -0.25) is 14.6 Å². The minimum Gasteiger partial charge on any atom is -0.370 e. The van der Waals surface area contributed by atoms with Crippen LogP contribution in [0.15, 0.2) is 48.8 Å². The number of amides is 2. The quantitative estimate of drug-likeness (QED) is 0.869. The minimum atomic E-state index is -0.262. The molecule has 0 atom stereocenters. The standard InChI is InChI=1S/C21H25N3O2/c22-20(25)6-5-16-1-3-17(4-2-16)15-18-9-13-24(14-10-18)21(26)19-7-11-23-12-8-19/h1-4,7-8,11-12,18H,5-6,9-10,13-15H2,(H2,22,25). The Bertz CT molecular complexity index is 736. The van der Waals surface area contributed by atoms with E-state index in [-0.39, 0.29) is 11.8 Å². The van der Waals surface area contributed by atoms with Gasteiger partial charge in [0.15, 0.2) is 0 Å². The van der Waals surface area contributed by atoms with Crippen LogP contribution in [0.3, 0.4) is 0 Å². The van der Waals surface area contributed by atoms with Crippen molar-refractivity contribution in [3.8, 4) is 0 Å². The molecule has 5 nitrogen and oxygen atoms in total. The van der Waals surface area contributed by atoms with Crippen LogP contribution in [0, 0.1) is 5.92 Å². The summed E-state index contributed by atoms with van der Waals surface area (Å²) in [7, 11) is 0. The maximum absolute atomic E-state index is 12.5. The Morgan fingerprint density at radius 2 is 1.62 bits per heavy atom. The van der Waals surface area contributed by atoms with E-state index in [4.69, 9.17) is 5.73 Å². The van der Waals surface area contributed by atoms with Crippen LogP contribution in [-0.2, 0) is 17.6 Å². The Labute approximate surface area is 154 Å². The van der Waals surface area contributed by atoms with Crippen molar-refractivity contribution in [2.45, 2.75) is 32.1 Å².